The van der Waals surface area contributed by atoms with Crippen LogP contribution in [0.3, 0.4) is 0 Å². The quantitative estimate of drug-likeness (QED) is 0.638. The van der Waals surface area contributed by atoms with Crippen molar-refractivity contribution in [2.75, 3.05) is 32.1 Å². The number of alkyl halides is 1. The molecule has 1 heterocycles. The fraction of sp³-hybridized carbons (Fsp3) is 1.00. The predicted molar refractivity (Wildman–Crippen MR) is 56.4 cm³/mol. The minimum Gasteiger partial charge on any atom is -0.378 e. The van der Waals surface area contributed by atoms with Gasteiger partial charge in [-0.3, -0.25) is 0 Å². The summed E-state index contributed by atoms with van der Waals surface area (Å²) < 4.78 is 5.58. The SMILES string of the molecule is CCOC1CCN(CCCCl)CC1. The van der Waals surface area contributed by atoms with Crippen LogP contribution in [-0.2, 0) is 4.74 Å². The zero-order valence-electron chi connectivity index (χ0n) is 8.47. The van der Waals surface area contributed by atoms with Crippen molar-refractivity contribution >= 4 is 11.6 Å². The Hall–Kier alpha value is 0.210. The maximum atomic E-state index is 5.65. The molecule has 78 valence electrons. The fourth-order valence-electron chi connectivity index (χ4n) is 1.82. The average Bonchev–Trinajstić information content (AvgIpc) is 2.17. The number of ether oxygens (including phenoxy) is 1. The van der Waals surface area contributed by atoms with E-state index in [0.717, 1.165) is 25.5 Å². The summed E-state index contributed by atoms with van der Waals surface area (Å²) in [5.74, 6) is 0.783. The highest BCUT2D eigenvalue weighted by atomic mass is 35.5. The van der Waals surface area contributed by atoms with Crippen LogP contribution in [0.4, 0.5) is 0 Å². The molecule has 0 bridgehead atoms. The van der Waals surface area contributed by atoms with E-state index in [4.69, 9.17) is 16.3 Å². The third kappa shape index (κ3) is 4.30. The van der Waals surface area contributed by atoms with Gasteiger partial charge in [-0.25, -0.2) is 0 Å². The second-order valence-electron chi connectivity index (χ2n) is 3.54. The largest absolute Gasteiger partial charge is 0.378 e. The zero-order valence-corrected chi connectivity index (χ0v) is 9.22. The number of halogens is 1. The van der Waals surface area contributed by atoms with E-state index in [1.54, 1.807) is 0 Å². The zero-order chi connectivity index (χ0) is 9.52. The van der Waals surface area contributed by atoms with Crippen LogP contribution in [0.1, 0.15) is 26.2 Å². The molecule has 0 atom stereocenters. The molecule has 0 saturated carbocycles. The molecule has 0 amide bonds. The highest BCUT2D eigenvalue weighted by molar-refractivity contribution is 6.17. The molecule has 0 aliphatic carbocycles. The van der Waals surface area contributed by atoms with E-state index < -0.39 is 0 Å². The summed E-state index contributed by atoms with van der Waals surface area (Å²) >= 11 is 5.65. The van der Waals surface area contributed by atoms with Gasteiger partial charge in [0.2, 0.25) is 0 Å². The Morgan fingerprint density at radius 3 is 2.62 bits per heavy atom. The average molecular weight is 206 g/mol. The van der Waals surface area contributed by atoms with Crippen molar-refractivity contribution < 1.29 is 4.74 Å². The van der Waals surface area contributed by atoms with Crippen molar-refractivity contribution in [3.8, 4) is 0 Å². The first kappa shape index (κ1) is 11.3. The Morgan fingerprint density at radius 2 is 2.08 bits per heavy atom. The predicted octanol–water partition coefficient (Wildman–Crippen LogP) is 2.12. The number of piperidine rings is 1. The lowest BCUT2D eigenvalue weighted by molar-refractivity contribution is 0.0144. The van der Waals surface area contributed by atoms with Crippen molar-refractivity contribution in [2.24, 2.45) is 0 Å². The van der Waals surface area contributed by atoms with Gasteiger partial charge in [-0.1, -0.05) is 0 Å². The van der Waals surface area contributed by atoms with E-state index in [1.807, 2.05) is 0 Å². The molecule has 1 saturated heterocycles. The molecule has 0 N–H and O–H groups in total. The van der Waals surface area contributed by atoms with Gasteiger partial charge >= 0.3 is 0 Å². The highest BCUT2D eigenvalue weighted by Crippen LogP contribution is 2.13. The molecule has 0 aromatic heterocycles. The van der Waals surface area contributed by atoms with Crippen molar-refractivity contribution in [1.82, 2.24) is 4.90 Å². The smallest absolute Gasteiger partial charge is 0.0599 e. The molecule has 0 aromatic carbocycles. The van der Waals surface area contributed by atoms with Gasteiger partial charge in [0, 0.05) is 25.6 Å². The second-order valence-corrected chi connectivity index (χ2v) is 3.92. The summed E-state index contributed by atoms with van der Waals surface area (Å²) in [7, 11) is 0. The van der Waals surface area contributed by atoms with Crippen LogP contribution in [0.15, 0.2) is 0 Å². The van der Waals surface area contributed by atoms with Crippen molar-refractivity contribution in [3.05, 3.63) is 0 Å². The van der Waals surface area contributed by atoms with Gasteiger partial charge in [-0.15, -0.1) is 11.6 Å². The summed E-state index contributed by atoms with van der Waals surface area (Å²) in [5, 5.41) is 0. The van der Waals surface area contributed by atoms with Gasteiger partial charge in [0.15, 0.2) is 0 Å². The van der Waals surface area contributed by atoms with Gasteiger partial charge in [0.05, 0.1) is 6.10 Å². The lowest BCUT2D eigenvalue weighted by Crippen LogP contribution is -2.37. The van der Waals surface area contributed by atoms with Crippen LogP contribution in [0, 0.1) is 0 Å². The monoisotopic (exact) mass is 205 g/mol. The number of likely N-dealkylation sites (tertiary alicyclic amines) is 1. The number of rotatable bonds is 5. The van der Waals surface area contributed by atoms with Crippen LogP contribution in [0.25, 0.3) is 0 Å². The highest BCUT2D eigenvalue weighted by Gasteiger charge is 2.18. The van der Waals surface area contributed by atoms with Gasteiger partial charge in [0.25, 0.3) is 0 Å². The molecule has 0 unspecified atom stereocenters. The molecule has 0 spiro atoms. The number of hydrogen-bond donors (Lipinski definition) is 0. The maximum absolute atomic E-state index is 5.65. The summed E-state index contributed by atoms with van der Waals surface area (Å²) in [5.41, 5.74) is 0. The summed E-state index contributed by atoms with van der Waals surface area (Å²) in [6, 6.07) is 0. The van der Waals surface area contributed by atoms with Gasteiger partial charge < -0.3 is 9.64 Å². The molecular formula is C10H20ClNO. The van der Waals surface area contributed by atoms with E-state index in [2.05, 4.69) is 11.8 Å². The molecule has 1 fully saturated rings. The van der Waals surface area contributed by atoms with Crippen LogP contribution in [0.2, 0.25) is 0 Å². The molecular weight excluding hydrogens is 186 g/mol. The maximum Gasteiger partial charge on any atom is 0.0599 e. The summed E-state index contributed by atoms with van der Waals surface area (Å²) in [4.78, 5) is 2.48. The molecule has 13 heavy (non-hydrogen) atoms. The molecule has 0 aromatic rings. The van der Waals surface area contributed by atoms with Crippen molar-refractivity contribution in [3.63, 3.8) is 0 Å². The van der Waals surface area contributed by atoms with E-state index in [9.17, 15) is 0 Å². The van der Waals surface area contributed by atoms with Gasteiger partial charge in [0.1, 0.15) is 0 Å². The normalized spacial score (nSPS) is 20.8. The lowest BCUT2D eigenvalue weighted by atomic mass is 10.1. The van der Waals surface area contributed by atoms with Crippen LogP contribution in [-0.4, -0.2) is 43.1 Å². The van der Waals surface area contributed by atoms with Crippen molar-refractivity contribution in [1.29, 1.82) is 0 Å². The Kier molecular flexibility index (Phi) is 5.76. The Morgan fingerprint density at radius 1 is 1.38 bits per heavy atom. The number of hydrogen-bond acceptors (Lipinski definition) is 2. The lowest BCUT2D eigenvalue weighted by Gasteiger charge is -2.31. The van der Waals surface area contributed by atoms with Crippen LogP contribution < -0.4 is 0 Å². The Bertz CT molecular complexity index is 124. The third-order valence-corrected chi connectivity index (χ3v) is 2.81. The van der Waals surface area contributed by atoms with Crippen molar-refractivity contribution in [2.45, 2.75) is 32.3 Å². The Labute approximate surface area is 86.2 Å². The van der Waals surface area contributed by atoms with Gasteiger partial charge in [-0.2, -0.15) is 0 Å². The summed E-state index contributed by atoms with van der Waals surface area (Å²) in [6.45, 7) is 6.44. The van der Waals surface area contributed by atoms with Crippen LogP contribution >= 0.6 is 11.6 Å². The second kappa shape index (κ2) is 6.63. The minimum absolute atomic E-state index is 0.511. The molecule has 0 radical (unpaired) electrons. The first-order valence-corrected chi connectivity index (χ1v) is 5.80. The standard InChI is InChI=1S/C10H20ClNO/c1-2-13-10-4-8-12(9-5-10)7-3-6-11/h10H,2-9H2,1H3. The molecule has 2 nitrogen and oxygen atoms in total. The van der Waals surface area contributed by atoms with E-state index in [-0.39, 0.29) is 0 Å². The molecule has 1 aliphatic heterocycles. The Balaban J connectivity index is 2.08. The third-order valence-electron chi connectivity index (χ3n) is 2.54. The van der Waals surface area contributed by atoms with Crippen LogP contribution in [0.5, 0.6) is 0 Å². The van der Waals surface area contributed by atoms with Gasteiger partial charge in [-0.05, 0) is 32.7 Å². The summed E-state index contributed by atoms with van der Waals surface area (Å²) in [6.07, 6.45) is 4.00. The number of nitrogens with zero attached hydrogens (tertiary/aromatic N) is 1. The van der Waals surface area contributed by atoms with E-state index in [0.29, 0.717) is 6.10 Å². The molecule has 1 rings (SSSR count). The molecule has 3 heteroatoms. The minimum atomic E-state index is 0.511. The first-order chi connectivity index (χ1) is 6.36. The topological polar surface area (TPSA) is 12.5 Å². The molecule has 1 aliphatic rings. The fourth-order valence-corrected chi connectivity index (χ4v) is 1.94. The van der Waals surface area contributed by atoms with E-state index >= 15 is 0 Å². The van der Waals surface area contributed by atoms with E-state index in [1.165, 1.54) is 25.9 Å². The first-order valence-electron chi connectivity index (χ1n) is 5.26.